The number of methoxy groups -OCH3 is 1. The predicted molar refractivity (Wildman–Crippen MR) is 120 cm³/mol. The molecule has 0 aliphatic carbocycles. The van der Waals surface area contributed by atoms with Crippen molar-refractivity contribution in [1.29, 1.82) is 0 Å². The maximum Gasteiger partial charge on any atom is 0.344 e. The Morgan fingerprint density at radius 1 is 0.903 bits per heavy atom. The van der Waals surface area contributed by atoms with E-state index in [1.807, 2.05) is 24.3 Å². The van der Waals surface area contributed by atoms with Crippen molar-refractivity contribution in [2.24, 2.45) is 0 Å². The Hall–Kier alpha value is -2.35. The van der Waals surface area contributed by atoms with Crippen molar-refractivity contribution in [3.8, 4) is 11.5 Å². The monoisotopic (exact) mass is 486 g/mol. The van der Waals surface area contributed by atoms with Crippen LogP contribution in [0, 0.1) is 0 Å². The lowest BCUT2D eigenvalue weighted by molar-refractivity contribution is -0.153. The van der Waals surface area contributed by atoms with Gasteiger partial charge in [0.2, 0.25) is 0 Å². The van der Waals surface area contributed by atoms with E-state index in [9.17, 15) is 9.59 Å². The van der Waals surface area contributed by atoms with E-state index in [4.69, 9.17) is 49.0 Å². The molecule has 0 saturated carbocycles. The summed E-state index contributed by atoms with van der Waals surface area (Å²) in [7, 11) is 1.63. The summed E-state index contributed by atoms with van der Waals surface area (Å²) in [5.41, 5.74) is 1.07. The Balaban J connectivity index is 1.40. The summed E-state index contributed by atoms with van der Waals surface area (Å²) < 4.78 is 15.5. The first-order valence-electron chi connectivity index (χ1n) is 9.47. The van der Waals surface area contributed by atoms with Crippen LogP contribution in [-0.4, -0.2) is 63.3 Å². The zero-order valence-electron chi connectivity index (χ0n) is 16.8. The zero-order valence-corrected chi connectivity index (χ0v) is 19.0. The molecule has 0 aromatic heterocycles. The molecule has 3 rings (SSSR count). The molecule has 0 unspecified atom stereocenters. The number of amides is 1. The average molecular weight is 488 g/mol. The quantitative estimate of drug-likeness (QED) is 0.435. The number of hydrogen-bond donors (Lipinski definition) is 0. The minimum Gasteiger partial charge on any atom is -0.497 e. The number of esters is 1. The van der Waals surface area contributed by atoms with Crippen molar-refractivity contribution >= 4 is 52.4 Å². The predicted octanol–water partition coefficient (Wildman–Crippen LogP) is 3.93. The molecule has 0 atom stereocenters. The molecule has 0 radical (unpaired) electrons. The fraction of sp³-hybridized carbons (Fsp3) is 0.333. The van der Waals surface area contributed by atoms with E-state index in [-0.39, 0.29) is 33.3 Å². The highest BCUT2D eigenvalue weighted by molar-refractivity contribution is 6.43. The first kappa shape index (κ1) is 23.3. The van der Waals surface area contributed by atoms with Crippen LogP contribution in [0.3, 0.4) is 0 Å². The van der Waals surface area contributed by atoms with Crippen LogP contribution < -0.4 is 14.4 Å². The van der Waals surface area contributed by atoms with Gasteiger partial charge in [-0.25, -0.2) is 4.79 Å². The van der Waals surface area contributed by atoms with Gasteiger partial charge in [-0.2, -0.15) is 0 Å². The normalized spacial score (nSPS) is 13.7. The molecule has 2 aromatic carbocycles. The lowest BCUT2D eigenvalue weighted by Crippen LogP contribution is -2.50. The van der Waals surface area contributed by atoms with Crippen molar-refractivity contribution in [1.82, 2.24) is 4.90 Å². The second kappa shape index (κ2) is 10.8. The van der Waals surface area contributed by atoms with Crippen LogP contribution in [0.4, 0.5) is 5.69 Å². The maximum atomic E-state index is 12.4. The van der Waals surface area contributed by atoms with Gasteiger partial charge in [-0.15, -0.1) is 0 Å². The van der Waals surface area contributed by atoms with Crippen LogP contribution in [0.15, 0.2) is 36.4 Å². The van der Waals surface area contributed by atoms with Crippen molar-refractivity contribution < 1.29 is 23.8 Å². The van der Waals surface area contributed by atoms with E-state index in [2.05, 4.69) is 4.90 Å². The number of anilines is 1. The SMILES string of the molecule is COc1ccc(N2CCN(C(=O)COC(=O)COc3cc(Cl)c(Cl)cc3Cl)CC2)cc1. The van der Waals surface area contributed by atoms with Crippen LogP contribution in [0.1, 0.15) is 0 Å². The molecule has 10 heteroatoms. The summed E-state index contributed by atoms with van der Waals surface area (Å²) in [5.74, 6) is 0.0569. The van der Waals surface area contributed by atoms with Gasteiger partial charge >= 0.3 is 5.97 Å². The van der Waals surface area contributed by atoms with Crippen LogP contribution in [0.5, 0.6) is 11.5 Å². The van der Waals surface area contributed by atoms with Gasteiger partial charge in [0.25, 0.3) is 5.91 Å². The van der Waals surface area contributed by atoms with E-state index in [1.165, 1.54) is 12.1 Å². The molecule has 1 fully saturated rings. The Kier molecular flexibility index (Phi) is 8.12. The zero-order chi connectivity index (χ0) is 22.4. The number of nitrogens with zero attached hydrogens (tertiary/aromatic N) is 2. The summed E-state index contributed by atoms with van der Waals surface area (Å²) in [5, 5.41) is 0.741. The third kappa shape index (κ3) is 6.32. The first-order chi connectivity index (χ1) is 14.9. The van der Waals surface area contributed by atoms with E-state index in [1.54, 1.807) is 12.0 Å². The van der Waals surface area contributed by atoms with Gasteiger partial charge in [-0.1, -0.05) is 34.8 Å². The lowest BCUT2D eigenvalue weighted by Gasteiger charge is -2.36. The van der Waals surface area contributed by atoms with Crippen LogP contribution in [0.2, 0.25) is 15.1 Å². The Morgan fingerprint density at radius 2 is 1.55 bits per heavy atom. The van der Waals surface area contributed by atoms with E-state index in [0.717, 1.165) is 11.4 Å². The second-order valence-corrected chi connectivity index (χ2v) is 7.93. The molecule has 1 saturated heterocycles. The van der Waals surface area contributed by atoms with Crippen molar-refractivity contribution in [3.05, 3.63) is 51.5 Å². The lowest BCUT2D eigenvalue weighted by atomic mass is 10.2. The number of benzene rings is 2. The number of halogens is 3. The number of hydrogen-bond acceptors (Lipinski definition) is 6. The van der Waals surface area contributed by atoms with Gasteiger partial charge in [0.05, 0.1) is 22.2 Å². The summed E-state index contributed by atoms with van der Waals surface area (Å²) in [6.07, 6.45) is 0. The smallest absolute Gasteiger partial charge is 0.344 e. The molecule has 2 aromatic rings. The summed E-state index contributed by atoms with van der Waals surface area (Å²) in [4.78, 5) is 28.1. The fourth-order valence-electron chi connectivity index (χ4n) is 3.03. The van der Waals surface area contributed by atoms with Gasteiger partial charge in [-0.3, -0.25) is 4.79 Å². The van der Waals surface area contributed by atoms with Gasteiger partial charge in [-0.05, 0) is 30.3 Å². The molecule has 0 bridgehead atoms. The highest BCUT2D eigenvalue weighted by Crippen LogP contribution is 2.33. The van der Waals surface area contributed by atoms with Gasteiger partial charge in [0.15, 0.2) is 13.2 Å². The molecule has 1 amide bonds. The third-order valence-electron chi connectivity index (χ3n) is 4.75. The van der Waals surface area contributed by atoms with Crippen LogP contribution in [0.25, 0.3) is 0 Å². The van der Waals surface area contributed by atoms with Gasteiger partial charge in [0, 0.05) is 37.9 Å². The molecule has 1 aliphatic heterocycles. The molecule has 1 heterocycles. The Morgan fingerprint density at radius 3 is 2.19 bits per heavy atom. The van der Waals surface area contributed by atoms with Crippen molar-refractivity contribution in [3.63, 3.8) is 0 Å². The van der Waals surface area contributed by atoms with Crippen LogP contribution >= 0.6 is 34.8 Å². The molecular weight excluding hydrogens is 467 g/mol. The maximum absolute atomic E-state index is 12.4. The topological polar surface area (TPSA) is 68.3 Å². The summed E-state index contributed by atoms with van der Waals surface area (Å²) in [6, 6.07) is 10.6. The van der Waals surface area contributed by atoms with Crippen molar-refractivity contribution in [2.75, 3.05) is 51.4 Å². The standard InChI is InChI=1S/C21H21Cl3N2O5/c1-29-15-4-2-14(3-5-15)25-6-8-26(9-7-25)20(27)12-31-21(28)13-30-19-11-17(23)16(22)10-18(19)24/h2-5,10-11H,6-9,12-13H2,1H3. The summed E-state index contributed by atoms with van der Waals surface area (Å²) in [6.45, 7) is 1.70. The minimum absolute atomic E-state index is 0.203. The Labute approximate surface area is 195 Å². The fourth-order valence-corrected chi connectivity index (χ4v) is 3.63. The van der Waals surface area contributed by atoms with E-state index in [0.29, 0.717) is 26.2 Å². The third-order valence-corrected chi connectivity index (χ3v) is 5.76. The molecule has 31 heavy (non-hydrogen) atoms. The van der Waals surface area contributed by atoms with Crippen molar-refractivity contribution in [2.45, 2.75) is 0 Å². The summed E-state index contributed by atoms with van der Waals surface area (Å²) >= 11 is 17.8. The number of piperazine rings is 1. The number of rotatable bonds is 7. The number of ether oxygens (including phenoxy) is 3. The van der Waals surface area contributed by atoms with E-state index >= 15 is 0 Å². The molecular formula is C21H21Cl3N2O5. The molecule has 0 N–H and O–H groups in total. The molecule has 166 valence electrons. The molecule has 0 spiro atoms. The highest BCUT2D eigenvalue weighted by Gasteiger charge is 2.22. The highest BCUT2D eigenvalue weighted by atomic mass is 35.5. The second-order valence-electron chi connectivity index (χ2n) is 6.71. The molecule has 1 aliphatic rings. The molecule has 7 nitrogen and oxygen atoms in total. The first-order valence-corrected chi connectivity index (χ1v) is 10.6. The minimum atomic E-state index is -0.688. The number of carbonyl (C=O) groups is 2. The van der Waals surface area contributed by atoms with Crippen LogP contribution in [-0.2, 0) is 14.3 Å². The van der Waals surface area contributed by atoms with Gasteiger partial charge in [0.1, 0.15) is 11.5 Å². The number of carbonyl (C=O) groups excluding carboxylic acids is 2. The Bertz CT molecular complexity index is 931. The van der Waals surface area contributed by atoms with Gasteiger partial charge < -0.3 is 24.0 Å². The van der Waals surface area contributed by atoms with E-state index < -0.39 is 12.6 Å². The largest absolute Gasteiger partial charge is 0.497 e. The average Bonchev–Trinajstić information content (AvgIpc) is 2.79.